The number of aromatic nitrogens is 3. The molecule has 2 N–H and O–H groups in total. The summed E-state index contributed by atoms with van der Waals surface area (Å²) in [5.74, 6) is 0. The van der Waals surface area contributed by atoms with E-state index in [1.54, 1.807) is 53.0 Å². The molecule has 0 aromatic carbocycles. The summed E-state index contributed by atoms with van der Waals surface area (Å²) in [5, 5.41) is 3.35. The minimum absolute atomic E-state index is 0.126. The number of imidazole rings is 1. The minimum Gasteiger partial charge on any atom is -0.331 e. The lowest BCUT2D eigenvalue weighted by atomic mass is 10.0. The fourth-order valence-electron chi connectivity index (χ4n) is 4.43. The summed E-state index contributed by atoms with van der Waals surface area (Å²) in [4.78, 5) is 25.7. The van der Waals surface area contributed by atoms with Gasteiger partial charge < -0.3 is 15.1 Å². The maximum absolute atomic E-state index is 13.4. The SMILES string of the molecule is Cc1ccc(-c2cnc3c(C4CNCCN4C(=O)N(C)C)cc(S(=O)(=O)NC4(C)CC4)cn23)nc1. The van der Waals surface area contributed by atoms with E-state index >= 15 is 0 Å². The molecule has 0 radical (unpaired) electrons. The van der Waals surface area contributed by atoms with E-state index in [0.717, 1.165) is 18.4 Å². The first-order valence-electron chi connectivity index (χ1n) is 11.7. The van der Waals surface area contributed by atoms with Crippen molar-refractivity contribution in [1.29, 1.82) is 0 Å². The maximum atomic E-state index is 13.4. The zero-order chi connectivity index (χ0) is 25.0. The largest absolute Gasteiger partial charge is 0.331 e. The van der Waals surface area contributed by atoms with Crippen molar-refractivity contribution in [3.8, 4) is 11.4 Å². The smallest absolute Gasteiger partial charge is 0.320 e. The molecular weight excluding hydrogens is 466 g/mol. The summed E-state index contributed by atoms with van der Waals surface area (Å²) >= 11 is 0. The molecule has 1 atom stereocenters. The van der Waals surface area contributed by atoms with Crippen LogP contribution >= 0.6 is 0 Å². The summed E-state index contributed by atoms with van der Waals surface area (Å²) in [6.45, 7) is 5.54. The number of fused-ring (bicyclic) bond motifs is 1. The molecule has 1 saturated carbocycles. The van der Waals surface area contributed by atoms with Crippen LogP contribution in [0.2, 0.25) is 0 Å². The Morgan fingerprint density at radius 2 is 2.00 bits per heavy atom. The van der Waals surface area contributed by atoms with Gasteiger partial charge >= 0.3 is 6.03 Å². The van der Waals surface area contributed by atoms with Crippen molar-refractivity contribution < 1.29 is 13.2 Å². The van der Waals surface area contributed by atoms with Gasteiger partial charge in [0.2, 0.25) is 10.0 Å². The summed E-state index contributed by atoms with van der Waals surface area (Å²) in [6, 6.07) is 5.01. The number of sulfonamides is 1. The average Bonchev–Trinajstić information content (AvgIpc) is 3.38. The molecule has 35 heavy (non-hydrogen) atoms. The first-order valence-corrected chi connectivity index (χ1v) is 13.2. The van der Waals surface area contributed by atoms with Crippen LogP contribution in [0.1, 0.15) is 36.9 Å². The second-order valence-electron chi connectivity index (χ2n) is 9.95. The van der Waals surface area contributed by atoms with Crippen molar-refractivity contribution in [2.75, 3.05) is 33.7 Å². The van der Waals surface area contributed by atoms with Gasteiger partial charge in [0.25, 0.3) is 0 Å². The Labute approximate surface area is 205 Å². The van der Waals surface area contributed by atoms with Gasteiger partial charge in [-0.15, -0.1) is 0 Å². The third-order valence-electron chi connectivity index (χ3n) is 6.70. The Morgan fingerprint density at radius 1 is 1.23 bits per heavy atom. The van der Waals surface area contributed by atoms with Crippen molar-refractivity contribution in [1.82, 2.24) is 34.2 Å². The third-order valence-corrected chi connectivity index (χ3v) is 8.31. The molecule has 4 heterocycles. The fourth-order valence-corrected chi connectivity index (χ4v) is 5.93. The summed E-state index contributed by atoms with van der Waals surface area (Å²) in [6.07, 6.45) is 6.70. The summed E-state index contributed by atoms with van der Waals surface area (Å²) in [7, 11) is -0.365. The highest BCUT2D eigenvalue weighted by Gasteiger charge is 2.42. The molecule has 3 aromatic heterocycles. The molecule has 11 heteroatoms. The van der Waals surface area contributed by atoms with Gasteiger partial charge in [-0.3, -0.25) is 9.38 Å². The Hall–Kier alpha value is -3.02. The normalized spacial score (nSPS) is 19.7. The van der Waals surface area contributed by atoms with Gasteiger partial charge in [0.15, 0.2) is 0 Å². The molecule has 0 bridgehead atoms. The number of aryl methyl sites for hydroxylation is 1. The molecule has 186 valence electrons. The van der Waals surface area contributed by atoms with E-state index in [2.05, 4.69) is 20.0 Å². The highest BCUT2D eigenvalue weighted by molar-refractivity contribution is 7.89. The minimum atomic E-state index is -3.80. The second-order valence-corrected chi connectivity index (χ2v) is 11.6. The van der Waals surface area contributed by atoms with Gasteiger partial charge in [0.1, 0.15) is 5.65 Å². The molecule has 3 aromatic rings. The Morgan fingerprint density at radius 3 is 2.66 bits per heavy atom. The number of hydrogen-bond donors (Lipinski definition) is 2. The molecular formula is C24H31N7O3S. The van der Waals surface area contributed by atoms with Crippen molar-refractivity contribution in [2.45, 2.75) is 43.2 Å². The first-order chi connectivity index (χ1) is 16.6. The van der Waals surface area contributed by atoms with E-state index in [9.17, 15) is 13.2 Å². The van der Waals surface area contributed by atoms with Gasteiger partial charge in [-0.1, -0.05) is 6.07 Å². The average molecular weight is 498 g/mol. The topological polar surface area (TPSA) is 112 Å². The molecule has 1 saturated heterocycles. The quantitative estimate of drug-likeness (QED) is 0.559. The Kier molecular flexibility index (Phi) is 5.81. The standard InChI is InChI=1S/C24H31N7O3S/c1-16-5-6-19(26-12-16)21-14-27-22-18(20-13-25-9-10-30(20)23(32)29(3)4)11-17(15-31(21)22)35(33,34)28-24(2)7-8-24/h5-6,11-12,14-15,20,25,28H,7-10,13H2,1-4H3. The van der Waals surface area contributed by atoms with E-state index in [-0.39, 0.29) is 17.0 Å². The second kappa shape index (κ2) is 8.58. The van der Waals surface area contributed by atoms with Crippen molar-refractivity contribution >= 4 is 21.7 Å². The van der Waals surface area contributed by atoms with Gasteiger partial charge in [-0.25, -0.2) is 22.9 Å². The number of rotatable bonds is 5. The summed E-state index contributed by atoms with van der Waals surface area (Å²) in [5.41, 5.74) is 3.26. The fraction of sp³-hybridized carbons (Fsp3) is 0.458. The highest BCUT2D eigenvalue weighted by atomic mass is 32.2. The van der Waals surface area contributed by atoms with Crippen LogP contribution in [0.3, 0.4) is 0 Å². The number of pyridine rings is 2. The zero-order valence-corrected chi connectivity index (χ0v) is 21.3. The van der Waals surface area contributed by atoms with Crippen LogP contribution in [-0.4, -0.2) is 77.9 Å². The molecule has 2 amide bonds. The van der Waals surface area contributed by atoms with Crippen molar-refractivity contribution in [3.63, 3.8) is 0 Å². The Balaban J connectivity index is 1.70. The van der Waals surface area contributed by atoms with E-state index < -0.39 is 15.6 Å². The van der Waals surface area contributed by atoms with Gasteiger partial charge in [-0.05, 0) is 44.4 Å². The van der Waals surface area contributed by atoms with Crippen LogP contribution in [0, 0.1) is 6.92 Å². The lowest BCUT2D eigenvalue weighted by molar-refractivity contribution is 0.135. The first kappa shape index (κ1) is 23.7. The maximum Gasteiger partial charge on any atom is 0.320 e. The highest BCUT2D eigenvalue weighted by Crippen LogP contribution is 2.37. The molecule has 1 aliphatic carbocycles. The number of nitrogens with one attached hydrogen (secondary N) is 2. The third kappa shape index (κ3) is 4.51. The van der Waals surface area contributed by atoms with Crippen LogP contribution in [-0.2, 0) is 10.0 Å². The molecule has 5 rings (SSSR count). The molecule has 2 fully saturated rings. The predicted octanol–water partition coefficient (Wildman–Crippen LogP) is 2.16. The monoisotopic (exact) mass is 497 g/mol. The number of hydrogen-bond acceptors (Lipinski definition) is 6. The van der Waals surface area contributed by atoms with E-state index in [1.807, 2.05) is 26.0 Å². The van der Waals surface area contributed by atoms with Crippen LogP contribution in [0.4, 0.5) is 4.79 Å². The van der Waals surface area contributed by atoms with Gasteiger partial charge in [0, 0.05) is 57.2 Å². The number of piperazine rings is 1. The predicted molar refractivity (Wildman–Crippen MR) is 133 cm³/mol. The number of nitrogens with zero attached hydrogens (tertiary/aromatic N) is 5. The lowest BCUT2D eigenvalue weighted by Crippen LogP contribution is -2.51. The number of carbonyl (C=O) groups excluding carboxylic acids is 1. The number of urea groups is 1. The number of carbonyl (C=O) groups is 1. The van der Waals surface area contributed by atoms with Crippen LogP contribution in [0.5, 0.6) is 0 Å². The van der Waals surface area contributed by atoms with Gasteiger partial charge in [-0.2, -0.15) is 0 Å². The Bertz CT molecular complexity index is 1380. The molecule has 0 spiro atoms. The lowest BCUT2D eigenvalue weighted by Gasteiger charge is -2.38. The molecule has 1 aliphatic heterocycles. The van der Waals surface area contributed by atoms with E-state index in [4.69, 9.17) is 0 Å². The molecule has 2 aliphatic rings. The van der Waals surface area contributed by atoms with Crippen LogP contribution in [0.15, 0.2) is 41.7 Å². The van der Waals surface area contributed by atoms with Crippen molar-refractivity contribution in [3.05, 3.63) is 47.9 Å². The van der Waals surface area contributed by atoms with E-state index in [1.165, 1.54) is 0 Å². The van der Waals surface area contributed by atoms with Crippen LogP contribution in [0.25, 0.3) is 17.0 Å². The van der Waals surface area contributed by atoms with E-state index in [0.29, 0.717) is 42.2 Å². The van der Waals surface area contributed by atoms with Crippen molar-refractivity contribution in [2.24, 2.45) is 0 Å². The number of amides is 2. The molecule has 1 unspecified atom stereocenters. The van der Waals surface area contributed by atoms with Crippen LogP contribution < -0.4 is 10.0 Å². The molecule has 10 nitrogen and oxygen atoms in total. The van der Waals surface area contributed by atoms with Gasteiger partial charge in [0.05, 0.1) is 28.5 Å². The summed E-state index contributed by atoms with van der Waals surface area (Å²) < 4.78 is 31.5. The zero-order valence-electron chi connectivity index (χ0n) is 20.4.